The molecule has 1 N–H and O–H groups in total. The van der Waals surface area contributed by atoms with E-state index in [9.17, 15) is 14.7 Å². The number of nitrogens with zero attached hydrogens (tertiary/aromatic N) is 3. The highest BCUT2D eigenvalue weighted by molar-refractivity contribution is 7.16. The molecule has 2 aromatic rings. The standard InChI is InChI=1S/C15H19N3O5S/c1-4-10(22-8(3)19)11-5-9(20)14(23-11)18-13-12(24-15(18)21)6-16-7(2)17-13/h6,9-11,14,20H,4-5H2,1-3H3/t9-,10-,11+,14-/m1/s1. The number of hydrogen-bond acceptors (Lipinski definition) is 8. The molecule has 1 aliphatic heterocycles. The largest absolute Gasteiger partial charge is 0.460 e. The minimum absolute atomic E-state index is 0.268. The number of esters is 1. The first kappa shape index (κ1) is 17.0. The molecule has 130 valence electrons. The maximum Gasteiger partial charge on any atom is 0.311 e. The van der Waals surface area contributed by atoms with Crippen LogP contribution in [0.25, 0.3) is 10.3 Å². The van der Waals surface area contributed by atoms with Gasteiger partial charge >= 0.3 is 10.8 Å². The summed E-state index contributed by atoms with van der Waals surface area (Å²) >= 11 is 1.01. The highest BCUT2D eigenvalue weighted by atomic mass is 32.1. The predicted molar refractivity (Wildman–Crippen MR) is 86.8 cm³/mol. The van der Waals surface area contributed by atoms with Gasteiger partial charge in [0.25, 0.3) is 0 Å². The number of hydrogen-bond donors (Lipinski definition) is 1. The molecule has 0 amide bonds. The van der Waals surface area contributed by atoms with E-state index in [0.717, 1.165) is 11.3 Å². The monoisotopic (exact) mass is 353 g/mol. The normalized spacial score (nSPS) is 25.1. The van der Waals surface area contributed by atoms with Crippen molar-refractivity contribution in [2.45, 2.75) is 58.2 Å². The van der Waals surface area contributed by atoms with E-state index >= 15 is 0 Å². The Morgan fingerprint density at radius 2 is 2.38 bits per heavy atom. The van der Waals surface area contributed by atoms with Gasteiger partial charge in [-0.2, -0.15) is 0 Å². The molecule has 0 aromatic carbocycles. The lowest BCUT2D eigenvalue weighted by Gasteiger charge is -2.22. The second-order valence-electron chi connectivity index (χ2n) is 5.77. The lowest BCUT2D eigenvalue weighted by Crippen LogP contribution is -2.31. The number of fused-ring (bicyclic) bond motifs is 1. The summed E-state index contributed by atoms with van der Waals surface area (Å²) in [6.45, 7) is 4.94. The Bertz CT molecular complexity index is 817. The number of ether oxygens (including phenoxy) is 2. The van der Waals surface area contributed by atoms with E-state index in [1.807, 2.05) is 6.92 Å². The van der Waals surface area contributed by atoms with E-state index in [1.165, 1.54) is 11.5 Å². The van der Waals surface area contributed by atoms with Crippen molar-refractivity contribution in [3.8, 4) is 0 Å². The summed E-state index contributed by atoms with van der Waals surface area (Å²) in [6.07, 6.45) is -0.232. The number of aliphatic hydroxyl groups is 1. The minimum atomic E-state index is -0.884. The van der Waals surface area contributed by atoms with Crippen LogP contribution >= 0.6 is 11.3 Å². The molecular formula is C15H19N3O5S. The SMILES string of the molecule is CC[C@@H](OC(C)=O)[C@@H]1C[C@@H](O)[C@H](n2c(=O)sc3cnc(C)nc32)O1. The van der Waals surface area contributed by atoms with Crippen LogP contribution in [0.5, 0.6) is 0 Å². The van der Waals surface area contributed by atoms with Gasteiger partial charge in [0.1, 0.15) is 18.0 Å². The summed E-state index contributed by atoms with van der Waals surface area (Å²) < 4.78 is 13.1. The summed E-state index contributed by atoms with van der Waals surface area (Å²) in [5.41, 5.74) is 0.447. The van der Waals surface area contributed by atoms with Crippen molar-refractivity contribution in [1.82, 2.24) is 14.5 Å². The first-order valence-corrected chi connectivity index (χ1v) is 8.57. The number of aromatic nitrogens is 3. The molecular weight excluding hydrogens is 334 g/mol. The summed E-state index contributed by atoms with van der Waals surface area (Å²) in [5.74, 6) is 0.134. The van der Waals surface area contributed by atoms with Crippen LogP contribution in [0.4, 0.5) is 0 Å². The number of aliphatic hydroxyl groups excluding tert-OH is 1. The highest BCUT2D eigenvalue weighted by Crippen LogP contribution is 2.33. The van der Waals surface area contributed by atoms with Crippen LogP contribution in [0.2, 0.25) is 0 Å². The molecule has 0 bridgehead atoms. The molecule has 0 spiro atoms. The fourth-order valence-corrected chi connectivity index (χ4v) is 3.75. The van der Waals surface area contributed by atoms with Gasteiger partial charge in [-0.3, -0.25) is 14.2 Å². The molecule has 1 aliphatic rings. The van der Waals surface area contributed by atoms with Gasteiger partial charge in [0.2, 0.25) is 0 Å². The summed E-state index contributed by atoms with van der Waals surface area (Å²) in [6, 6.07) is 0. The zero-order valence-electron chi connectivity index (χ0n) is 13.6. The molecule has 1 saturated heterocycles. The Labute approximate surface area is 142 Å². The lowest BCUT2D eigenvalue weighted by molar-refractivity contribution is -0.156. The average molecular weight is 353 g/mol. The van der Waals surface area contributed by atoms with Crippen molar-refractivity contribution >= 4 is 27.7 Å². The van der Waals surface area contributed by atoms with Gasteiger partial charge in [-0.05, 0) is 13.3 Å². The van der Waals surface area contributed by atoms with E-state index in [4.69, 9.17) is 9.47 Å². The molecule has 24 heavy (non-hydrogen) atoms. The molecule has 1 fully saturated rings. The van der Waals surface area contributed by atoms with Crippen LogP contribution in [0.3, 0.4) is 0 Å². The molecule has 0 unspecified atom stereocenters. The number of carbonyl (C=O) groups is 1. The minimum Gasteiger partial charge on any atom is -0.460 e. The second-order valence-corrected chi connectivity index (χ2v) is 6.76. The van der Waals surface area contributed by atoms with E-state index < -0.39 is 30.5 Å². The van der Waals surface area contributed by atoms with E-state index in [-0.39, 0.29) is 11.3 Å². The smallest absolute Gasteiger partial charge is 0.311 e. The van der Waals surface area contributed by atoms with E-state index in [0.29, 0.717) is 22.6 Å². The van der Waals surface area contributed by atoms with Crippen LogP contribution in [-0.4, -0.2) is 43.9 Å². The third-order valence-corrected chi connectivity index (χ3v) is 4.86. The van der Waals surface area contributed by atoms with Crippen molar-refractivity contribution in [2.75, 3.05) is 0 Å². The van der Waals surface area contributed by atoms with Crippen LogP contribution in [0, 0.1) is 6.92 Å². The molecule has 3 heterocycles. The van der Waals surface area contributed by atoms with Crippen LogP contribution in [0.15, 0.2) is 11.0 Å². The number of rotatable bonds is 4. The number of carbonyl (C=O) groups excluding carboxylic acids is 1. The molecule has 0 saturated carbocycles. The Hall–Kier alpha value is -1.84. The van der Waals surface area contributed by atoms with Crippen molar-refractivity contribution in [2.24, 2.45) is 0 Å². The third-order valence-electron chi connectivity index (χ3n) is 3.98. The van der Waals surface area contributed by atoms with Gasteiger partial charge in [-0.25, -0.2) is 9.97 Å². The second kappa shape index (κ2) is 6.58. The van der Waals surface area contributed by atoms with Gasteiger partial charge in [0.15, 0.2) is 11.9 Å². The van der Waals surface area contributed by atoms with Gasteiger partial charge < -0.3 is 14.6 Å². The Kier molecular flexibility index (Phi) is 4.66. The molecule has 9 heteroatoms. The molecule has 3 rings (SSSR count). The highest BCUT2D eigenvalue weighted by Gasteiger charge is 2.41. The lowest BCUT2D eigenvalue weighted by atomic mass is 10.1. The number of aryl methyl sites for hydroxylation is 1. The molecule has 4 atom stereocenters. The third kappa shape index (κ3) is 3.06. The van der Waals surface area contributed by atoms with Gasteiger partial charge in [0, 0.05) is 13.3 Å². The maximum absolute atomic E-state index is 12.3. The molecule has 8 nitrogen and oxygen atoms in total. The first-order chi connectivity index (χ1) is 11.4. The zero-order chi connectivity index (χ0) is 17.4. The average Bonchev–Trinajstić information content (AvgIpc) is 3.03. The topological polar surface area (TPSA) is 104 Å². The van der Waals surface area contributed by atoms with Gasteiger partial charge in [-0.15, -0.1) is 0 Å². The molecule has 0 aliphatic carbocycles. The molecule has 2 aromatic heterocycles. The van der Waals surface area contributed by atoms with Crippen molar-refractivity contribution in [1.29, 1.82) is 0 Å². The van der Waals surface area contributed by atoms with Crippen molar-refractivity contribution in [3.63, 3.8) is 0 Å². The summed E-state index contributed by atoms with van der Waals surface area (Å²) in [4.78, 5) is 31.7. The quantitative estimate of drug-likeness (QED) is 0.822. The van der Waals surface area contributed by atoms with Crippen LogP contribution in [0.1, 0.15) is 38.7 Å². The fourth-order valence-electron chi connectivity index (χ4n) is 2.93. The van der Waals surface area contributed by atoms with E-state index in [2.05, 4.69) is 9.97 Å². The molecule has 0 radical (unpaired) electrons. The van der Waals surface area contributed by atoms with Crippen molar-refractivity contribution in [3.05, 3.63) is 21.7 Å². The number of thiazole rings is 1. The van der Waals surface area contributed by atoms with Crippen LogP contribution < -0.4 is 4.87 Å². The van der Waals surface area contributed by atoms with Crippen LogP contribution in [-0.2, 0) is 14.3 Å². The fraction of sp³-hybridized carbons (Fsp3) is 0.600. The Morgan fingerprint density at radius 1 is 1.62 bits per heavy atom. The van der Waals surface area contributed by atoms with Gasteiger partial charge in [-0.1, -0.05) is 18.3 Å². The summed E-state index contributed by atoms with van der Waals surface area (Å²) in [5, 5.41) is 10.4. The van der Waals surface area contributed by atoms with Gasteiger partial charge in [0.05, 0.1) is 17.0 Å². The van der Waals surface area contributed by atoms with E-state index in [1.54, 1.807) is 13.1 Å². The predicted octanol–water partition coefficient (Wildman–Crippen LogP) is 1.15. The van der Waals surface area contributed by atoms with Crippen molar-refractivity contribution < 1.29 is 19.4 Å². The zero-order valence-corrected chi connectivity index (χ0v) is 14.4. The maximum atomic E-state index is 12.3. The first-order valence-electron chi connectivity index (χ1n) is 7.76. The summed E-state index contributed by atoms with van der Waals surface area (Å²) in [7, 11) is 0. The Balaban J connectivity index is 1.93. The Morgan fingerprint density at radius 3 is 3.04 bits per heavy atom.